The third kappa shape index (κ3) is 3.20. The van der Waals surface area contributed by atoms with Crippen LogP contribution >= 0.6 is 8.25 Å². The van der Waals surface area contributed by atoms with Crippen LogP contribution < -0.4 is 0 Å². The molecule has 0 aromatic carbocycles. The minimum atomic E-state index is -2.14. The monoisotopic (exact) mass is 253 g/mol. The van der Waals surface area contributed by atoms with Gasteiger partial charge in [0.15, 0.2) is 6.10 Å². The first-order chi connectivity index (χ1) is 7.63. The molecule has 0 bridgehead atoms. The summed E-state index contributed by atoms with van der Waals surface area (Å²) in [6.45, 7) is 2.24. The SMILES string of the molecule is COC[C@H]1O[C@@H](C)C(OC)[C@H]1O[P+](=O)OC. The van der Waals surface area contributed by atoms with Crippen LogP contribution in [0.1, 0.15) is 6.92 Å². The lowest BCUT2D eigenvalue weighted by Gasteiger charge is -2.16. The highest BCUT2D eigenvalue weighted by Gasteiger charge is 2.48. The molecule has 0 aromatic rings. The van der Waals surface area contributed by atoms with Crippen molar-refractivity contribution in [1.82, 2.24) is 0 Å². The highest BCUT2D eigenvalue weighted by molar-refractivity contribution is 7.33. The molecule has 1 rings (SSSR count). The smallest absolute Gasteiger partial charge is 0.382 e. The van der Waals surface area contributed by atoms with Crippen molar-refractivity contribution in [1.29, 1.82) is 0 Å². The zero-order valence-corrected chi connectivity index (χ0v) is 10.8. The first-order valence-corrected chi connectivity index (χ1v) is 6.08. The predicted molar refractivity (Wildman–Crippen MR) is 56.5 cm³/mol. The molecule has 6 nitrogen and oxygen atoms in total. The van der Waals surface area contributed by atoms with Gasteiger partial charge in [-0.3, -0.25) is 0 Å². The maximum atomic E-state index is 11.2. The van der Waals surface area contributed by atoms with Crippen LogP contribution in [0.3, 0.4) is 0 Å². The van der Waals surface area contributed by atoms with E-state index < -0.39 is 14.4 Å². The van der Waals surface area contributed by atoms with Crippen LogP contribution in [0.2, 0.25) is 0 Å². The Balaban J connectivity index is 2.67. The summed E-state index contributed by atoms with van der Waals surface area (Å²) in [6.07, 6.45) is -1.13. The fourth-order valence-corrected chi connectivity index (χ4v) is 2.34. The Morgan fingerprint density at radius 3 is 2.44 bits per heavy atom. The molecule has 0 amide bonds. The highest BCUT2D eigenvalue weighted by Crippen LogP contribution is 2.34. The van der Waals surface area contributed by atoms with Gasteiger partial charge in [0.1, 0.15) is 12.2 Å². The summed E-state index contributed by atoms with van der Waals surface area (Å²) in [4.78, 5) is 0. The largest absolute Gasteiger partial charge is 0.697 e. The third-order valence-corrected chi connectivity index (χ3v) is 3.22. The van der Waals surface area contributed by atoms with Gasteiger partial charge in [-0.15, -0.1) is 9.05 Å². The predicted octanol–water partition coefficient (Wildman–Crippen LogP) is 1.12. The van der Waals surface area contributed by atoms with Gasteiger partial charge >= 0.3 is 8.25 Å². The summed E-state index contributed by atoms with van der Waals surface area (Å²) in [7, 11) is 2.32. The van der Waals surface area contributed by atoms with E-state index in [0.29, 0.717) is 6.61 Å². The number of ether oxygens (including phenoxy) is 3. The summed E-state index contributed by atoms with van der Waals surface area (Å²) in [5.41, 5.74) is 0. The van der Waals surface area contributed by atoms with E-state index in [-0.39, 0.29) is 18.3 Å². The van der Waals surface area contributed by atoms with Gasteiger partial charge in [-0.05, 0) is 6.92 Å². The zero-order chi connectivity index (χ0) is 12.1. The van der Waals surface area contributed by atoms with Crippen LogP contribution in [0.4, 0.5) is 0 Å². The van der Waals surface area contributed by atoms with Gasteiger partial charge in [-0.25, -0.2) is 0 Å². The Hall–Kier alpha value is -0.100. The van der Waals surface area contributed by atoms with Gasteiger partial charge in [0, 0.05) is 18.8 Å². The minimum Gasteiger partial charge on any atom is -0.382 e. The van der Waals surface area contributed by atoms with Gasteiger partial charge < -0.3 is 14.2 Å². The van der Waals surface area contributed by atoms with Gasteiger partial charge in [0.05, 0.1) is 19.8 Å². The molecule has 2 unspecified atom stereocenters. The molecule has 1 saturated heterocycles. The van der Waals surface area contributed by atoms with Crippen molar-refractivity contribution >= 4 is 8.25 Å². The maximum Gasteiger partial charge on any atom is 0.697 e. The molecule has 0 spiro atoms. The molecule has 0 N–H and O–H groups in total. The van der Waals surface area contributed by atoms with Crippen LogP contribution in [-0.4, -0.2) is 52.4 Å². The molecule has 0 radical (unpaired) electrons. The Morgan fingerprint density at radius 1 is 1.25 bits per heavy atom. The van der Waals surface area contributed by atoms with Crippen molar-refractivity contribution in [2.24, 2.45) is 0 Å². The molecule has 94 valence electrons. The molecule has 0 aliphatic carbocycles. The van der Waals surface area contributed by atoms with Crippen molar-refractivity contribution in [2.45, 2.75) is 31.3 Å². The third-order valence-electron chi connectivity index (χ3n) is 2.50. The number of rotatable bonds is 6. The quantitative estimate of drug-likeness (QED) is 0.661. The fraction of sp³-hybridized carbons (Fsp3) is 1.00. The zero-order valence-electron chi connectivity index (χ0n) is 9.91. The topological polar surface area (TPSA) is 63.2 Å². The second kappa shape index (κ2) is 6.59. The molecule has 1 fully saturated rings. The summed E-state index contributed by atoms with van der Waals surface area (Å²) in [6, 6.07) is 0. The van der Waals surface area contributed by atoms with Crippen LogP contribution in [0.25, 0.3) is 0 Å². The summed E-state index contributed by atoms with van der Waals surface area (Å²) < 4.78 is 37.0. The Kier molecular flexibility index (Phi) is 5.75. The first-order valence-electron chi connectivity index (χ1n) is 4.99. The van der Waals surface area contributed by atoms with Gasteiger partial charge in [-0.2, -0.15) is 0 Å². The van der Waals surface area contributed by atoms with Gasteiger partial charge in [-0.1, -0.05) is 0 Å². The Labute approximate surface area is 96.1 Å². The number of hydrogen-bond donors (Lipinski definition) is 0. The summed E-state index contributed by atoms with van der Waals surface area (Å²) in [5, 5.41) is 0. The minimum absolute atomic E-state index is 0.129. The van der Waals surface area contributed by atoms with E-state index >= 15 is 0 Å². The van der Waals surface area contributed by atoms with Crippen LogP contribution in [0.15, 0.2) is 0 Å². The van der Waals surface area contributed by atoms with Crippen molar-refractivity contribution in [3.63, 3.8) is 0 Å². The van der Waals surface area contributed by atoms with E-state index in [1.54, 1.807) is 14.2 Å². The normalized spacial score (nSPS) is 35.4. The molecule has 0 saturated carbocycles. The van der Waals surface area contributed by atoms with Crippen LogP contribution in [-0.2, 0) is 27.8 Å². The van der Waals surface area contributed by atoms with E-state index in [4.69, 9.17) is 18.7 Å². The van der Waals surface area contributed by atoms with E-state index in [2.05, 4.69) is 4.52 Å². The molecular formula is C9H18O6P+. The maximum absolute atomic E-state index is 11.2. The molecule has 16 heavy (non-hydrogen) atoms. The van der Waals surface area contributed by atoms with E-state index in [1.807, 2.05) is 6.92 Å². The van der Waals surface area contributed by atoms with Crippen LogP contribution in [0, 0.1) is 0 Å². The van der Waals surface area contributed by atoms with E-state index in [0.717, 1.165) is 0 Å². The lowest BCUT2D eigenvalue weighted by Crippen LogP contribution is -2.36. The lowest BCUT2D eigenvalue weighted by atomic mass is 10.1. The molecule has 7 heteroatoms. The average molecular weight is 253 g/mol. The first kappa shape index (κ1) is 14.0. The number of hydrogen-bond acceptors (Lipinski definition) is 6. The van der Waals surface area contributed by atoms with E-state index in [9.17, 15) is 4.57 Å². The second-order valence-corrected chi connectivity index (χ2v) is 4.53. The van der Waals surface area contributed by atoms with Crippen molar-refractivity contribution < 1.29 is 27.8 Å². The Bertz CT molecular complexity index is 236. The molecule has 5 atom stereocenters. The molecular weight excluding hydrogens is 235 g/mol. The van der Waals surface area contributed by atoms with Crippen LogP contribution in [0.5, 0.6) is 0 Å². The second-order valence-electron chi connectivity index (χ2n) is 3.51. The molecule has 1 heterocycles. The molecule has 1 aliphatic rings. The van der Waals surface area contributed by atoms with E-state index in [1.165, 1.54) is 7.11 Å². The molecule has 0 aromatic heterocycles. The van der Waals surface area contributed by atoms with Crippen molar-refractivity contribution in [2.75, 3.05) is 27.9 Å². The Morgan fingerprint density at radius 2 is 1.94 bits per heavy atom. The van der Waals surface area contributed by atoms with Crippen molar-refractivity contribution in [3.05, 3.63) is 0 Å². The molecule has 1 aliphatic heterocycles. The highest BCUT2D eigenvalue weighted by atomic mass is 31.1. The average Bonchev–Trinajstić information content (AvgIpc) is 2.55. The fourth-order valence-electron chi connectivity index (χ4n) is 1.80. The van der Waals surface area contributed by atoms with Gasteiger partial charge in [0.2, 0.25) is 0 Å². The summed E-state index contributed by atoms with van der Waals surface area (Å²) >= 11 is 0. The summed E-state index contributed by atoms with van der Waals surface area (Å²) in [5.74, 6) is 0. The number of methoxy groups -OCH3 is 2. The van der Waals surface area contributed by atoms with Crippen molar-refractivity contribution in [3.8, 4) is 0 Å². The standard InChI is InChI=1S/C9H18O6P/c1-6-8(12-3)9(15-16(10)13-4)7(14-6)5-11-2/h6-9H,5H2,1-4H3/q+1/t6-,7+,8?,9-/m0/s1. The lowest BCUT2D eigenvalue weighted by molar-refractivity contribution is -0.0241. The van der Waals surface area contributed by atoms with Gasteiger partial charge in [0.25, 0.3) is 0 Å².